The molecule has 138 valence electrons. The van der Waals surface area contributed by atoms with Gasteiger partial charge in [0.05, 0.1) is 24.9 Å². The molecule has 1 saturated carbocycles. The average Bonchev–Trinajstić information content (AvgIpc) is 3.34. The predicted molar refractivity (Wildman–Crippen MR) is 93.1 cm³/mol. The van der Waals surface area contributed by atoms with Crippen molar-refractivity contribution in [3.63, 3.8) is 0 Å². The number of rotatable bonds is 6. The molecule has 1 aliphatic carbocycles. The van der Waals surface area contributed by atoms with Gasteiger partial charge in [0.2, 0.25) is 5.91 Å². The SMILES string of the molecule is CCOC(=O)c1cnn(C2CCN([C@@H](C)C(=O)NC3CC3)CC2)c1N. The molecule has 2 heterocycles. The maximum absolute atomic E-state index is 12.2. The number of likely N-dealkylation sites (tertiary alicyclic amines) is 1. The molecular formula is C17H27N5O3. The summed E-state index contributed by atoms with van der Waals surface area (Å²) >= 11 is 0. The van der Waals surface area contributed by atoms with Gasteiger partial charge in [-0.1, -0.05) is 0 Å². The number of anilines is 1. The number of nitrogens with one attached hydrogen (secondary N) is 1. The second kappa shape index (κ2) is 7.43. The number of nitrogens with zero attached hydrogens (tertiary/aromatic N) is 3. The van der Waals surface area contributed by atoms with Crippen LogP contribution in [0.2, 0.25) is 0 Å². The minimum absolute atomic E-state index is 0.115. The Balaban J connectivity index is 1.57. The Morgan fingerprint density at radius 2 is 2.04 bits per heavy atom. The quantitative estimate of drug-likeness (QED) is 0.741. The molecule has 1 aromatic rings. The van der Waals surface area contributed by atoms with Gasteiger partial charge in [-0.3, -0.25) is 9.69 Å². The van der Waals surface area contributed by atoms with E-state index < -0.39 is 5.97 Å². The van der Waals surface area contributed by atoms with Crippen molar-refractivity contribution in [2.75, 3.05) is 25.4 Å². The van der Waals surface area contributed by atoms with E-state index in [1.807, 2.05) is 6.92 Å². The van der Waals surface area contributed by atoms with E-state index in [2.05, 4.69) is 15.3 Å². The molecule has 2 aliphatic rings. The zero-order valence-corrected chi connectivity index (χ0v) is 14.9. The Labute approximate surface area is 147 Å². The first-order chi connectivity index (χ1) is 12.0. The lowest BCUT2D eigenvalue weighted by Crippen LogP contribution is -2.49. The van der Waals surface area contributed by atoms with Crippen molar-refractivity contribution in [3.8, 4) is 0 Å². The third-order valence-electron chi connectivity index (χ3n) is 5.03. The fourth-order valence-corrected chi connectivity index (χ4v) is 3.26. The molecule has 1 aromatic heterocycles. The Bertz CT molecular complexity index is 632. The number of amides is 1. The van der Waals surface area contributed by atoms with Crippen molar-refractivity contribution < 1.29 is 14.3 Å². The smallest absolute Gasteiger partial charge is 0.343 e. The molecule has 0 unspecified atom stereocenters. The van der Waals surface area contributed by atoms with E-state index in [9.17, 15) is 9.59 Å². The highest BCUT2D eigenvalue weighted by atomic mass is 16.5. The van der Waals surface area contributed by atoms with Crippen molar-refractivity contribution in [1.29, 1.82) is 0 Å². The molecule has 0 bridgehead atoms. The third-order valence-corrected chi connectivity index (χ3v) is 5.03. The normalized spacial score (nSPS) is 20.2. The summed E-state index contributed by atoms with van der Waals surface area (Å²) in [5, 5.41) is 7.35. The minimum atomic E-state index is -0.436. The molecule has 3 rings (SSSR count). The van der Waals surface area contributed by atoms with Crippen LogP contribution in [0, 0.1) is 0 Å². The van der Waals surface area contributed by atoms with E-state index in [1.165, 1.54) is 6.20 Å². The summed E-state index contributed by atoms with van der Waals surface area (Å²) in [6, 6.07) is 0.405. The summed E-state index contributed by atoms with van der Waals surface area (Å²) in [6.45, 7) is 5.63. The molecular weight excluding hydrogens is 322 g/mol. The van der Waals surface area contributed by atoms with Crippen LogP contribution in [0.5, 0.6) is 0 Å². The van der Waals surface area contributed by atoms with Crippen LogP contribution in [-0.2, 0) is 9.53 Å². The summed E-state index contributed by atoms with van der Waals surface area (Å²) in [6.07, 6.45) is 5.36. The number of esters is 1. The highest BCUT2D eigenvalue weighted by Crippen LogP contribution is 2.27. The molecule has 2 fully saturated rings. The lowest BCUT2D eigenvalue weighted by Gasteiger charge is -2.35. The number of aromatic nitrogens is 2. The molecule has 8 nitrogen and oxygen atoms in total. The maximum Gasteiger partial charge on any atom is 0.343 e. The van der Waals surface area contributed by atoms with Gasteiger partial charge >= 0.3 is 5.97 Å². The topological polar surface area (TPSA) is 102 Å². The van der Waals surface area contributed by atoms with Crippen molar-refractivity contribution in [3.05, 3.63) is 11.8 Å². The van der Waals surface area contributed by atoms with Gasteiger partial charge in [0.15, 0.2) is 0 Å². The van der Waals surface area contributed by atoms with Gasteiger partial charge in [-0.05, 0) is 39.5 Å². The van der Waals surface area contributed by atoms with Gasteiger partial charge < -0.3 is 15.8 Å². The average molecular weight is 349 g/mol. The molecule has 0 radical (unpaired) electrons. The van der Waals surface area contributed by atoms with Gasteiger partial charge in [-0.2, -0.15) is 5.10 Å². The Hall–Kier alpha value is -2.09. The van der Waals surface area contributed by atoms with Gasteiger partial charge in [-0.15, -0.1) is 0 Å². The molecule has 1 aliphatic heterocycles. The fourth-order valence-electron chi connectivity index (χ4n) is 3.26. The summed E-state index contributed by atoms with van der Waals surface area (Å²) in [5.74, 6) is 0.0367. The molecule has 1 saturated heterocycles. The third kappa shape index (κ3) is 3.95. The first-order valence-electron chi connectivity index (χ1n) is 9.05. The molecule has 1 atom stereocenters. The van der Waals surface area contributed by atoms with E-state index in [0.29, 0.717) is 24.0 Å². The highest BCUT2D eigenvalue weighted by molar-refractivity contribution is 5.94. The lowest BCUT2D eigenvalue weighted by atomic mass is 10.0. The monoisotopic (exact) mass is 349 g/mol. The van der Waals surface area contributed by atoms with Crippen molar-refractivity contribution in [1.82, 2.24) is 20.0 Å². The second-order valence-corrected chi connectivity index (χ2v) is 6.83. The van der Waals surface area contributed by atoms with Crippen LogP contribution in [-0.4, -0.2) is 58.3 Å². The van der Waals surface area contributed by atoms with Crippen molar-refractivity contribution in [2.45, 2.75) is 57.7 Å². The van der Waals surface area contributed by atoms with E-state index in [-0.39, 0.29) is 18.0 Å². The van der Waals surface area contributed by atoms with Crippen LogP contribution >= 0.6 is 0 Å². The number of carbonyl (C=O) groups is 2. The Kier molecular flexibility index (Phi) is 5.27. The second-order valence-electron chi connectivity index (χ2n) is 6.83. The summed E-state index contributed by atoms with van der Waals surface area (Å²) in [7, 11) is 0. The number of nitrogens with two attached hydrogens (primary N) is 1. The number of hydrogen-bond donors (Lipinski definition) is 2. The van der Waals surface area contributed by atoms with Gasteiger partial charge in [0.1, 0.15) is 11.4 Å². The van der Waals surface area contributed by atoms with Gasteiger partial charge in [0.25, 0.3) is 0 Å². The Morgan fingerprint density at radius 1 is 1.36 bits per heavy atom. The molecule has 1 amide bonds. The number of carbonyl (C=O) groups excluding carboxylic acids is 2. The van der Waals surface area contributed by atoms with Crippen LogP contribution in [0.3, 0.4) is 0 Å². The first kappa shape index (κ1) is 17.7. The number of piperidine rings is 1. The van der Waals surface area contributed by atoms with Crippen molar-refractivity contribution >= 4 is 17.7 Å². The number of nitrogen functional groups attached to an aromatic ring is 1. The summed E-state index contributed by atoms with van der Waals surface area (Å²) < 4.78 is 6.72. The number of ether oxygens (including phenoxy) is 1. The van der Waals surface area contributed by atoms with Crippen LogP contribution in [0.4, 0.5) is 5.82 Å². The summed E-state index contributed by atoms with van der Waals surface area (Å²) in [5.41, 5.74) is 6.41. The minimum Gasteiger partial charge on any atom is -0.462 e. The zero-order valence-electron chi connectivity index (χ0n) is 14.9. The van der Waals surface area contributed by atoms with Crippen LogP contribution < -0.4 is 11.1 Å². The van der Waals surface area contributed by atoms with Crippen LogP contribution in [0.25, 0.3) is 0 Å². The zero-order chi connectivity index (χ0) is 18.0. The molecule has 0 aromatic carbocycles. The van der Waals surface area contributed by atoms with Gasteiger partial charge in [-0.25, -0.2) is 9.48 Å². The molecule has 0 spiro atoms. The van der Waals surface area contributed by atoms with Crippen molar-refractivity contribution in [2.24, 2.45) is 0 Å². The number of hydrogen-bond acceptors (Lipinski definition) is 6. The van der Waals surface area contributed by atoms with Crippen LogP contribution in [0.15, 0.2) is 6.20 Å². The van der Waals surface area contributed by atoms with E-state index in [4.69, 9.17) is 10.5 Å². The first-order valence-corrected chi connectivity index (χ1v) is 9.05. The molecule has 8 heteroatoms. The van der Waals surface area contributed by atoms with E-state index in [1.54, 1.807) is 11.6 Å². The largest absolute Gasteiger partial charge is 0.462 e. The van der Waals surface area contributed by atoms with E-state index >= 15 is 0 Å². The molecule has 3 N–H and O–H groups in total. The highest BCUT2D eigenvalue weighted by Gasteiger charge is 2.31. The Morgan fingerprint density at radius 3 is 2.64 bits per heavy atom. The summed E-state index contributed by atoms with van der Waals surface area (Å²) in [4.78, 5) is 26.3. The van der Waals surface area contributed by atoms with E-state index in [0.717, 1.165) is 38.8 Å². The maximum atomic E-state index is 12.2. The lowest BCUT2D eigenvalue weighted by molar-refractivity contribution is -0.126. The standard InChI is InChI=1S/C17H27N5O3/c1-3-25-17(24)14-10-19-22(15(14)18)13-6-8-21(9-7-13)11(2)16(23)20-12-4-5-12/h10-13H,3-9,18H2,1-2H3,(H,20,23)/t11-/m0/s1. The fraction of sp³-hybridized carbons (Fsp3) is 0.706. The predicted octanol–water partition coefficient (Wildman–Crippen LogP) is 0.946. The van der Waals surface area contributed by atoms with Gasteiger partial charge in [0, 0.05) is 19.1 Å². The molecule has 25 heavy (non-hydrogen) atoms. The van der Waals surface area contributed by atoms with Crippen LogP contribution in [0.1, 0.15) is 55.9 Å².